The standard InChI is InChI=1S/C16H26N2O/c1-17-9-2-3-10-18-11-8-14-6-7-16-15(13-14)5-4-12-19-16/h6-7,13,17-18H,2-5,8-12H2,1H3. The van der Waals surface area contributed by atoms with Crippen molar-refractivity contribution in [2.24, 2.45) is 0 Å². The Morgan fingerprint density at radius 1 is 1.16 bits per heavy atom. The second kappa shape index (κ2) is 8.18. The molecule has 0 radical (unpaired) electrons. The summed E-state index contributed by atoms with van der Waals surface area (Å²) in [5.41, 5.74) is 2.81. The predicted molar refractivity (Wildman–Crippen MR) is 80.0 cm³/mol. The minimum absolute atomic E-state index is 0.876. The van der Waals surface area contributed by atoms with Crippen LogP contribution in [0.3, 0.4) is 0 Å². The molecule has 3 nitrogen and oxygen atoms in total. The second-order valence-corrected chi connectivity index (χ2v) is 5.20. The molecular weight excluding hydrogens is 236 g/mol. The highest BCUT2D eigenvalue weighted by Gasteiger charge is 2.09. The molecule has 106 valence electrons. The zero-order chi connectivity index (χ0) is 13.3. The summed E-state index contributed by atoms with van der Waals surface area (Å²) in [6.45, 7) is 4.18. The quantitative estimate of drug-likeness (QED) is 0.704. The number of hydrogen-bond donors (Lipinski definition) is 2. The third-order valence-corrected chi connectivity index (χ3v) is 3.59. The monoisotopic (exact) mass is 262 g/mol. The van der Waals surface area contributed by atoms with Crippen LogP contribution >= 0.6 is 0 Å². The first-order valence-corrected chi connectivity index (χ1v) is 7.50. The maximum absolute atomic E-state index is 5.64. The smallest absolute Gasteiger partial charge is 0.122 e. The van der Waals surface area contributed by atoms with E-state index in [1.807, 2.05) is 7.05 Å². The molecule has 0 atom stereocenters. The molecule has 1 aliphatic rings. The molecule has 1 heterocycles. The topological polar surface area (TPSA) is 33.3 Å². The second-order valence-electron chi connectivity index (χ2n) is 5.20. The first-order chi connectivity index (χ1) is 9.40. The highest BCUT2D eigenvalue weighted by molar-refractivity contribution is 5.38. The molecule has 0 aliphatic carbocycles. The van der Waals surface area contributed by atoms with Crippen LogP contribution in [-0.4, -0.2) is 33.3 Å². The molecule has 2 rings (SSSR count). The Bertz CT molecular complexity index is 379. The number of fused-ring (bicyclic) bond motifs is 1. The van der Waals surface area contributed by atoms with Crippen molar-refractivity contribution >= 4 is 0 Å². The summed E-state index contributed by atoms with van der Waals surface area (Å²) in [4.78, 5) is 0. The maximum atomic E-state index is 5.64. The molecule has 0 amide bonds. The largest absolute Gasteiger partial charge is 0.493 e. The van der Waals surface area contributed by atoms with Gasteiger partial charge in [-0.3, -0.25) is 0 Å². The van der Waals surface area contributed by atoms with E-state index in [2.05, 4.69) is 28.8 Å². The van der Waals surface area contributed by atoms with Crippen molar-refractivity contribution in [3.63, 3.8) is 0 Å². The molecule has 2 N–H and O–H groups in total. The normalized spacial score (nSPS) is 13.9. The third kappa shape index (κ3) is 4.84. The average molecular weight is 262 g/mol. The van der Waals surface area contributed by atoms with Gasteiger partial charge in [-0.15, -0.1) is 0 Å². The van der Waals surface area contributed by atoms with E-state index in [1.54, 1.807) is 0 Å². The summed E-state index contributed by atoms with van der Waals surface area (Å²) < 4.78 is 5.64. The van der Waals surface area contributed by atoms with Crippen LogP contribution in [0.5, 0.6) is 5.75 Å². The van der Waals surface area contributed by atoms with Gasteiger partial charge in [0.1, 0.15) is 5.75 Å². The van der Waals surface area contributed by atoms with Crippen LogP contribution in [0.4, 0.5) is 0 Å². The molecule has 1 aliphatic heterocycles. The third-order valence-electron chi connectivity index (χ3n) is 3.59. The Labute approximate surface area is 116 Å². The van der Waals surface area contributed by atoms with Crippen LogP contribution in [0.2, 0.25) is 0 Å². The van der Waals surface area contributed by atoms with Gasteiger partial charge in [-0.25, -0.2) is 0 Å². The molecule has 0 unspecified atom stereocenters. The van der Waals surface area contributed by atoms with Crippen LogP contribution in [0.25, 0.3) is 0 Å². The molecule has 0 saturated carbocycles. The SMILES string of the molecule is CNCCCCNCCc1ccc2c(c1)CCCO2. The lowest BCUT2D eigenvalue weighted by Gasteiger charge is -2.17. The predicted octanol–water partition coefficient (Wildman–Crippen LogP) is 2.14. The first-order valence-electron chi connectivity index (χ1n) is 7.50. The van der Waals surface area contributed by atoms with Crippen molar-refractivity contribution in [1.29, 1.82) is 0 Å². The van der Waals surface area contributed by atoms with Crippen molar-refractivity contribution < 1.29 is 4.74 Å². The Morgan fingerprint density at radius 3 is 2.95 bits per heavy atom. The van der Waals surface area contributed by atoms with Crippen LogP contribution in [-0.2, 0) is 12.8 Å². The number of aryl methyl sites for hydroxylation is 1. The summed E-state index contributed by atoms with van der Waals surface area (Å²) >= 11 is 0. The molecular formula is C16H26N2O. The Morgan fingerprint density at radius 2 is 2.05 bits per heavy atom. The van der Waals surface area contributed by atoms with Crippen LogP contribution < -0.4 is 15.4 Å². The zero-order valence-corrected chi connectivity index (χ0v) is 12.0. The summed E-state index contributed by atoms with van der Waals surface area (Å²) in [5.74, 6) is 1.09. The molecule has 0 bridgehead atoms. The van der Waals surface area contributed by atoms with Crippen molar-refractivity contribution in [1.82, 2.24) is 10.6 Å². The number of hydrogen-bond acceptors (Lipinski definition) is 3. The molecule has 1 aromatic carbocycles. The Hall–Kier alpha value is -1.06. The van der Waals surface area contributed by atoms with E-state index >= 15 is 0 Å². The minimum atomic E-state index is 0.876. The van der Waals surface area contributed by atoms with E-state index in [0.717, 1.165) is 44.8 Å². The summed E-state index contributed by atoms with van der Waals surface area (Å²) in [6, 6.07) is 6.65. The lowest BCUT2D eigenvalue weighted by atomic mass is 10.0. The van der Waals surface area contributed by atoms with E-state index in [9.17, 15) is 0 Å². The van der Waals surface area contributed by atoms with Crippen LogP contribution in [0.15, 0.2) is 18.2 Å². The highest BCUT2D eigenvalue weighted by Crippen LogP contribution is 2.25. The van der Waals surface area contributed by atoms with E-state index in [-0.39, 0.29) is 0 Å². The molecule has 0 spiro atoms. The van der Waals surface area contributed by atoms with Gasteiger partial charge in [0.05, 0.1) is 6.61 Å². The molecule has 0 aromatic heterocycles. The maximum Gasteiger partial charge on any atom is 0.122 e. The van der Waals surface area contributed by atoms with Gasteiger partial charge in [0.2, 0.25) is 0 Å². The van der Waals surface area contributed by atoms with Crippen molar-refractivity contribution in [2.75, 3.05) is 33.3 Å². The van der Waals surface area contributed by atoms with E-state index in [4.69, 9.17) is 4.74 Å². The van der Waals surface area contributed by atoms with Crippen molar-refractivity contribution in [2.45, 2.75) is 32.1 Å². The van der Waals surface area contributed by atoms with Crippen LogP contribution in [0, 0.1) is 0 Å². The molecule has 0 fully saturated rings. The van der Waals surface area contributed by atoms with Gasteiger partial charge in [0.25, 0.3) is 0 Å². The van der Waals surface area contributed by atoms with Crippen molar-refractivity contribution in [3.05, 3.63) is 29.3 Å². The van der Waals surface area contributed by atoms with Gasteiger partial charge < -0.3 is 15.4 Å². The zero-order valence-electron chi connectivity index (χ0n) is 12.0. The first kappa shape index (κ1) is 14.4. The van der Waals surface area contributed by atoms with Gasteiger partial charge in [0, 0.05) is 0 Å². The lowest BCUT2D eigenvalue weighted by Crippen LogP contribution is -2.20. The van der Waals surface area contributed by atoms with Gasteiger partial charge in [-0.1, -0.05) is 12.1 Å². The van der Waals surface area contributed by atoms with E-state index in [0.29, 0.717) is 0 Å². The fraction of sp³-hybridized carbons (Fsp3) is 0.625. The van der Waals surface area contributed by atoms with Gasteiger partial charge in [-0.2, -0.15) is 0 Å². The van der Waals surface area contributed by atoms with E-state index in [1.165, 1.54) is 30.4 Å². The van der Waals surface area contributed by atoms with Crippen LogP contribution in [0.1, 0.15) is 30.4 Å². The molecule has 1 aromatic rings. The molecule has 0 saturated heterocycles. The average Bonchev–Trinajstić information content (AvgIpc) is 2.46. The number of rotatable bonds is 8. The van der Waals surface area contributed by atoms with Crippen molar-refractivity contribution in [3.8, 4) is 5.75 Å². The highest BCUT2D eigenvalue weighted by atomic mass is 16.5. The summed E-state index contributed by atoms with van der Waals surface area (Å²) in [7, 11) is 2.01. The van der Waals surface area contributed by atoms with Gasteiger partial charge >= 0.3 is 0 Å². The molecule has 19 heavy (non-hydrogen) atoms. The fourth-order valence-electron chi connectivity index (χ4n) is 2.48. The number of benzene rings is 1. The Kier molecular flexibility index (Phi) is 6.18. The van der Waals surface area contributed by atoms with E-state index < -0.39 is 0 Å². The minimum Gasteiger partial charge on any atom is -0.493 e. The summed E-state index contributed by atoms with van der Waals surface area (Å²) in [6.07, 6.45) is 5.93. The number of unbranched alkanes of at least 4 members (excludes halogenated alkanes) is 1. The Balaban J connectivity index is 1.66. The number of ether oxygens (including phenoxy) is 1. The number of nitrogens with one attached hydrogen (secondary N) is 2. The summed E-state index contributed by atoms with van der Waals surface area (Å²) in [5, 5.41) is 6.69. The fourth-order valence-corrected chi connectivity index (χ4v) is 2.48. The van der Waals surface area contributed by atoms with Gasteiger partial charge in [-0.05, 0) is 76.0 Å². The lowest BCUT2D eigenvalue weighted by molar-refractivity contribution is 0.288. The van der Waals surface area contributed by atoms with Gasteiger partial charge in [0.15, 0.2) is 0 Å². The molecule has 3 heteroatoms.